The molecular formula is C63H41N. The topological polar surface area (TPSA) is 3.24 Å². The van der Waals surface area contributed by atoms with Gasteiger partial charge in [-0.25, -0.2) is 0 Å². The minimum absolute atomic E-state index is 0.448. The molecule has 0 fully saturated rings. The summed E-state index contributed by atoms with van der Waals surface area (Å²) in [5, 5.41) is 4.93. The highest BCUT2D eigenvalue weighted by Crippen LogP contribution is 2.63. The predicted molar refractivity (Wildman–Crippen MR) is 269 cm³/mol. The van der Waals surface area contributed by atoms with E-state index in [9.17, 15) is 0 Å². The lowest BCUT2D eigenvalue weighted by atomic mass is 9.70. The van der Waals surface area contributed by atoms with Gasteiger partial charge in [-0.05, 0) is 143 Å². The molecule has 0 aromatic heterocycles. The molecule has 11 aromatic rings. The van der Waals surface area contributed by atoms with Crippen LogP contribution in [0.15, 0.2) is 249 Å². The second-order valence-corrected chi connectivity index (χ2v) is 17.2. The first-order chi connectivity index (χ1) is 31.7. The van der Waals surface area contributed by atoms with E-state index in [0.29, 0.717) is 0 Å². The molecule has 298 valence electrons. The van der Waals surface area contributed by atoms with Gasteiger partial charge in [-0.2, -0.15) is 0 Å². The van der Waals surface area contributed by atoms with Crippen molar-refractivity contribution in [2.45, 2.75) is 5.41 Å². The first-order valence-electron chi connectivity index (χ1n) is 22.2. The first kappa shape index (κ1) is 36.4. The van der Waals surface area contributed by atoms with Crippen molar-refractivity contribution in [2.24, 2.45) is 0 Å². The Kier molecular flexibility index (Phi) is 8.20. The summed E-state index contributed by atoms with van der Waals surface area (Å²) in [7, 11) is 0. The van der Waals surface area contributed by atoms with Crippen molar-refractivity contribution in [3.8, 4) is 55.6 Å². The molecule has 0 heterocycles. The van der Waals surface area contributed by atoms with Gasteiger partial charge in [0.1, 0.15) is 0 Å². The van der Waals surface area contributed by atoms with Gasteiger partial charge in [-0.3, -0.25) is 0 Å². The van der Waals surface area contributed by atoms with Gasteiger partial charge in [0.05, 0.1) is 11.1 Å². The van der Waals surface area contributed by atoms with Crippen LogP contribution in [0.4, 0.5) is 17.1 Å². The van der Waals surface area contributed by atoms with E-state index < -0.39 is 5.41 Å². The Morgan fingerprint density at radius 2 is 0.719 bits per heavy atom. The summed E-state index contributed by atoms with van der Waals surface area (Å²) in [6.07, 6.45) is 0. The number of benzene rings is 11. The van der Waals surface area contributed by atoms with E-state index >= 15 is 0 Å². The molecule has 0 radical (unpaired) electrons. The summed E-state index contributed by atoms with van der Waals surface area (Å²) in [6.45, 7) is 0. The molecule has 11 aromatic carbocycles. The third kappa shape index (κ3) is 5.44. The van der Waals surface area contributed by atoms with Crippen LogP contribution in [0, 0.1) is 0 Å². The molecule has 2 aliphatic carbocycles. The minimum atomic E-state index is -0.448. The van der Waals surface area contributed by atoms with Crippen molar-refractivity contribution in [2.75, 3.05) is 4.90 Å². The van der Waals surface area contributed by atoms with Gasteiger partial charge >= 0.3 is 0 Å². The highest BCUT2D eigenvalue weighted by molar-refractivity contribution is 6.15. The average molecular weight is 812 g/mol. The van der Waals surface area contributed by atoms with Crippen LogP contribution in [-0.4, -0.2) is 0 Å². The summed E-state index contributed by atoms with van der Waals surface area (Å²) in [5.41, 5.74) is 20.7. The fourth-order valence-corrected chi connectivity index (χ4v) is 11.1. The molecule has 1 spiro atoms. The molecular weight excluding hydrogens is 771 g/mol. The van der Waals surface area contributed by atoms with Gasteiger partial charge in [0, 0.05) is 16.8 Å². The molecule has 0 unspecified atom stereocenters. The largest absolute Gasteiger partial charge is 0.310 e. The molecule has 0 bridgehead atoms. The van der Waals surface area contributed by atoms with Crippen LogP contribution in [0.1, 0.15) is 22.3 Å². The monoisotopic (exact) mass is 811 g/mol. The zero-order valence-corrected chi connectivity index (χ0v) is 35.1. The minimum Gasteiger partial charge on any atom is -0.310 e. The van der Waals surface area contributed by atoms with Crippen LogP contribution in [0.5, 0.6) is 0 Å². The molecule has 64 heavy (non-hydrogen) atoms. The Bertz CT molecular complexity index is 3480. The maximum atomic E-state index is 2.50. The highest BCUT2D eigenvalue weighted by Gasteiger charge is 2.51. The number of hydrogen-bond acceptors (Lipinski definition) is 1. The van der Waals surface area contributed by atoms with Crippen LogP contribution in [0.25, 0.3) is 77.2 Å². The summed E-state index contributed by atoms with van der Waals surface area (Å²) >= 11 is 0. The quantitative estimate of drug-likeness (QED) is 0.151. The Morgan fingerprint density at radius 1 is 0.266 bits per heavy atom. The lowest BCUT2D eigenvalue weighted by Crippen LogP contribution is -2.26. The molecule has 0 N–H and O–H groups in total. The van der Waals surface area contributed by atoms with E-state index in [-0.39, 0.29) is 0 Å². The van der Waals surface area contributed by atoms with Gasteiger partial charge in [0.2, 0.25) is 0 Å². The third-order valence-corrected chi connectivity index (χ3v) is 13.8. The smallest absolute Gasteiger partial charge is 0.0726 e. The highest BCUT2D eigenvalue weighted by atomic mass is 15.1. The average Bonchev–Trinajstić information content (AvgIpc) is 3.84. The molecule has 2 aliphatic rings. The van der Waals surface area contributed by atoms with Crippen molar-refractivity contribution >= 4 is 38.6 Å². The van der Waals surface area contributed by atoms with E-state index in [0.717, 1.165) is 17.1 Å². The molecule has 1 nitrogen and oxygen atoms in total. The Morgan fingerprint density at radius 3 is 1.31 bits per heavy atom. The van der Waals surface area contributed by atoms with Gasteiger partial charge < -0.3 is 4.90 Å². The number of anilines is 3. The number of fused-ring (bicyclic) bond motifs is 13. The van der Waals surface area contributed by atoms with E-state index in [1.807, 2.05) is 0 Å². The molecule has 0 aliphatic heterocycles. The molecule has 0 saturated carbocycles. The first-order valence-corrected chi connectivity index (χ1v) is 22.2. The van der Waals surface area contributed by atoms with Crippen molar-refractivity contribution in [3.63, 3.8) is 0 Å². The van der Waals surface area contributed by atoms with Crippen molar-refractivity contribution in [3.05, 3.63) is 271 Å². The molecule has 0 amide bonds. The van der Waals surface area contributed by atoms with Crippen LogP contribution in [-0.2, 0) is 5.41 Å². The molecule has 13 rings (SSSR count). The third-order valence-electron chi connectivity index (χ3n) is 13.8. The molecule has 0 saturated heterocycles. The van der Waals surface area contributed by atoms with Crippen LogP contribution in [0.2, 0.25) is 0 Å². The van der Waals surface area contributed by atoms with Crippen molar-refractivity contribution in [1.29, 1.82) is 0 Å². The second kappa shape index (κ2) is 14.4. The molecule has 0 atom stereocenters. The van der Waals surface area contributed by atoms with Gasteiger partial charge in [0.25, 0.3) is 0 Å². The standard InChI is InChI=1S/C63H41N/c1-3-16-42(17-4-1)47-38-48(43-18-5-2-6-19-43)40-49(39-47)44-32-34-50(35-33-44)64(61-29-15-21-46-31-30-45-20-7-8-22-52(45)62(46)61)51-36-37-56-55-25-11-14-28-59(55)63(60(56)41-51)57-26-12-9-23-53(57)54-24-10-13-27-58(54)63/h1-41H. The summed E-state index contributed by atoms with van der Waals surface area (Å²) < 4.78 is 0. The van der Waals surface area contributed by atoms with E-state index in [1.165, 1.54) is 99.4 Å². The lowest BCUT2D eigenvalue weighted by molar-refractivity contribution is 0.793. The summed E-state index contributed by atoms with van der Waals surface area (Å²) in [6, 6.07) is 92.2. The number of hydrogen-bond donors (Lipinski definition) is 0. The SMILES string of the molecule is c1ccc(-c2cc(-c3ccccc3)cc(-c3ccc(N(c4ccc5c(c4)C4(c6ccccc6-c6ccccc64)c4ccccc4-5)c4cccc5ccc6ccccc6c45)cc3)c2)cc1. The van der Waals surface area contributed by atoms with Crippen LogP contribution >= 0.6 is 0 Å². The van der Waals surface area contributed by atoms with Crippen LogP contribution < -0.4 is 4.90 Å². The Labute approximate surface area is 373 Å². The van der Waals surface area contributed by atoms with Crippen LogP contribution in [0.3, 0.4) is 0 Å². The number of nitrogens with zero attached hydrogens (tertiary/aromatic N) is 1. The normalized spacial score (nSPS) is 12.8. The Hall–Kier alpha value is -8.26. The zero-order chi connectivity index (χ0) is 42.2. The molecule has 1 heteroatoms. The second-order valence-electron chi connectivity index (χ2n) is 17.2. The fraction of sp³-hybridized carbons (Fsp3) is 0.0159. The van der Waals surface area contributed by atoms with Gasteiger partial charge in [-0.1, -0.05) is 200 Å². The van der Waals surface area contributed by atoms with Crippen molar-refractivity contribution < 1.29 is 0 Å². The van der Waals surface area contributed by atoms with E-state index in [2.05, 4.69) is 254 Å². The summed E-state index contributed by atoms with van der Waals surface area (Å²) in [5.74, 6) is 0. The van der Waals surface area contributed by atoms with Gasteiger partial charge in [-0.15, -0.1) is 0 Å². The summed E-state index contributed by atoms with van der Waals surface area (Å²) in [4.78, 5) is 2.50. The Balaban J connectivity index is 1.04. The maximum absolute atomic E-state index is 2.50. The van der Waals surface area contributed by atoms with Gasteiger partial charge in [0.15, 0.2) is 0 Å². The predicted octanol–water partition coefficient (Wildman–Crippen LogP) is 16.8. The maximum Gasteiger partial charge on any atom is 0.0726 e. The zero-order valence-electron chi connectivity index (χ0n) is 35.1. The fourth-order valence-electron chi connectivity index (χ4n) is 11.1. The van der Waals surface area contributed by atoms with Crippen molar-refractivity contribution in [1.82, 2.24) is 0 Å². The lowest BCUT2D eigenvalue weighted by Gasteiger charge is -2.32. The number of rotatable bonds is 6. The van der Waals surface area contributed by atoms with E-state index in [1.54, 1.807) is 0 Å². The van der Waals surface area contributed by atoms with E-state index in [4.69, 9.17) is 0 Å².